The molecular weight excluding hydrogens is 574 g/mol. The number of nitrogens with zero attached hydrogens (tertiary/aromatic N) is 1. The fraction of sp³-hybridized carbons (Fsp3) is 0. The minimum atomic E-state index is 0.864. The fourth-order valence-electron chi connectivity index (χ4n) is 7.21. The highest BCUT2D eigenvalue weighted by Gasteiger charge is 2.19. The van der Waals surface area contributed by atoms with Gasteiger partial charge < -0.3 is 13.7 Å². The van der Waals surface area contributed by atoms with Gasteiger partial charge in [0.05, 0.1) is 0 Å². The molecule has 0 saturated carbocycles. The largest absolute Gasteiger partial charge is 0.456 e. The first kappa shape index (κ1) is 26.0. The van der Waals surface area contributed by atoms with E-state index in [1.807, 2.05) is 0 Å². The SMILES string of the molecule is c1ccc(N(c2ccc3c(c2)oc2c4ccccc4ccc32)c2ccc3oc4cccc(-c5ccc6ccccc6c5)c4c3c2)cc1. The fourth-order valence-corrected chi connectivity index (χ4v) is 7.21. The predicted octanol–water partition coefficient (Wildman–Crippen LogP) is 12.9. The van der Waals surface area contributed by atoms with Gasteiger partial charge in [-0.2, -0.15) is 0 Å². The molecule has 220 valence electrons. The maximum absolute atomic E-state index is 6.60. The van der Waals surface area contributed by atoms with Crippen LogP contribution in [0.3, 0.4) is 0 Å². The Morgan fingerprint density at radius 2 is 1.11 bits per heavy atom. The van der Waals surface area contributed by atoms with E-state index in [0.29, 0.717) is 0 Å². The van der Waals surface area contributed by atoms with Crippen molar-refractivity contribution in [2.75, 3.05) is 4.90 Å². The van der Waals surface area contributed by atoms with Gasteiger partial charge in [-0.25, -0.2) is 0 Å². The minimum absolute atomic E-state index is 0.864. The van der Waals surface area contributed by atoms with Crippen LogP contribution in [0.4, 0.5) is 17.1 Å². The maximum Gasteiger partial charge on any atom is 0.143 e. The van der Waals surface area contributed by atoms with E-state index in [1.165, 1.54) is 21.7 Å². The molecule has 3 nitrogen and oxygen atoms in total. The predicted molar refractivity (Wildman–Crippen MR) is 196 cm³/mol. The van der Waals surface area contributed by atoms with Crippen LogP contribution in [-0.4, -0.2) is 0 Å². The van der Waals surface area contributed by atoms with Crippen LogP contribution >= 0.6 is 0 Å². The molecule has 0 aliphatic heterocycles. The van der Waals surface area contributed by atoms with Crippen molar-refractivity contribution in [1.82, 2.24) is 0 Å². The molecule has 3 heteroatoms. The van der Waals surface area contributed by atoms with Gasteiger partial charge in [0.2, 0.25) is 0 Å². The second kappa shape index (κ2) is 10.1. The summed E-state index contributed by atoms with van der Waals surface area (Å²) >= 11 is 0. The number of hydrogen-bond donors (Lipinski definition) is 0. The van der Waals surface area contributed by atoms with E-state index in [-0.39, 0.29) is 0 Å². The smallest absolute Gasteiger partial charge is 0.143 e. The molecule has 0 aliphatic rings. The van der Waals surface area contributed by atoms with Crippen molar-refractivity contribution in [3.8, 4) is 11.1 Å². The van der Waals surface area contributed by atoms with Crippen LogP contribution in [-0.2, 0) is 0 Å². The number of rotatable bonds is 4. The molecule has 8 aromatic carbocycles. The third-order valence-electron chi connectivity index (χ3n) is 9.42. The molecule has 0 saturated heterocycles. The van der Waals surface area contributed by atoms with Gasteiger partial charge in [0, 0.05) is 50.1 Å². The van der Waals surface area contributed by atoms with Crippen LogP contribution in [0.15, 0.2) is 173 Å². The summed E-state index contributed by atoms with van der Waals surface area (Å²) in [5, 5.41) is 9.19. The van der Waals surface area contributed by atoms with Crippen molar-refractivity contribution >= 4 is 82.5 Å². The molecule has 0 fully saturated rings. The number of hydrogen-bond acceptors (Lipinski definition) is 3. The Balaban J connectivity index is 1.18. The first-order valence-electron chi connectivity index (χ1n) is 15.9. The summed E-state index contributed by atoms with van der Waals surface area (Å²) in [7, 11) is 0. The molecule has 0 spiro atoms. The first-order valence-corrected chi connectivity index (χ1v) is 15.9. The van der Waals surface area contributed by atoms with E-state index in [1.54, 1.807) is 0 Å². The summed E-state index contributed by atoms with van der Waals surface area (Å²) in [6.07, 6.45) is 0. The number of para-hydroxylation sites is 1. The lowest BCUT2D eigenvalue weighted by molar-refractivity contribution is 0.669. The Labute approximate surface area is 270 Å². The third kappa shape index (κ3) is 4.07. The van der Waals surface area contributed by atoms with Gasteiger partial charge in [0.25, 0.3) is 0 Å². The second-order valence-corrected chi connectivity index (χ2v) is 12.1. The lowest BCUT2D eigenvalue weighted by atomic mass is 9.97. The average Bonchev–Trinajstić information content (AvgIpc) is 3.70. The Bertz CT molecular complexity index is 2810. The summed E-state index contributed by atoms with van der Waals surface area (Å²) in [5.41, 5.74) is 8.99. The quantitative estimate of drug-likeness (QED) is 0.201. The van der Waals surface area contributed by atoms with Gasteiger partial charge in [-0.1, -0.05) is 97.1 Å². The lowest BCUT2D eigenvalue weighted by Crippen LogP contribution is -2.09. The highest BCUT2D eigenvalue weighted by Crippen LogP contribution is 2.43. The number of anilines is 3. The van der Waals surface area contributed by atoms with Crippen molar-refractivity contribution < 1.29 is 8.83 Å². The molecule has 47 heavy (non-hydrogen) atoms. The van der Waals surface area contributed by atoms with Crippen LogP contribution in [0.2, 0.25) is 0 Å². The van der Waals surface area contributed by atoms with E-state index < -0.39 is 0 Å². The highest BCUT2D eigenvalue weighted by atomic mass is 16.3. The topological polar surface area (TPSA) is 29.5 Å². The summed E-state index contributed by atoms with van der Waals surface area (Å²) < 4.78 is 13.0. The molecule has 10 rings (SSSR count). The zero-order valence-corrected chi connectivity index (χ0v) is 25.4. The summed E-state index contributed by atoms with van der Waals surface area (Å²) in [6.45, 7) is 0. The number of furan rings is 2. The van der Waals surface area contributed by atoms with E-state index in [4.69, 9.17) is 8.83 Å². The van der Waals surface area contributed by atoms with Crippen LogP contribution in [0.5, 0.6) is 0 Å². The Morgan fingerprint density at radius 3 is 2.02 bits per heavy atom. The normalized spacial score (nSPS) is 11.8. The van der Waals surface area contributed by atoms with Crippen molar-refractivity contribution in [1.29, 1.82) is 0 Å². The van der Waals surface area contributed by atoms with Crippen molar-refractivity contribution in [3.05, 3.63) is 164 Å². The molecule has 0 radical (unpaired) electrons. The summed E-state index contributed by atoms with van der Waals surface area (Å²) in [5.74, 6) is 0. The van der Waals surface area contributed by atoms with E-state index in [9.17, 15) is 0 Å². The van der Waals surface area contributed by atoms with E-state index >= 15 is 0 Å². The van der Waals surface area contributed by atoms with Gasteiger partial charge in [0.15, 0.2) is 0 Å². The molecule has 0 aliphatic carbocycles. The first-order chi connectivity index (χ1) is 23.3. The Morgan fingerprint density at radius 1 is 0.362 bits per heavy atom. The van der Waals surface area contributed by atoms with E-state index in [0.717, 1.165) is 71.9 Å². The second-order valence-electron chi connectivity index (χ2n) is 12.1. The zero-order chi connectivity index (χ0) is 30.9. The molecule has 2 heterocycles. The molecular formula is C44H27NO2. The average molecular weight is 602 g/mol. The Kier molecular flexibility index (Phi) is 5.57. The van der Waals surface area contributed by atoms with Crippen molar-refractivity contribution in [3.63, 3.8) is 0 Å². The summed E-state index contributed by atoms with van der Waals surface area (Å²) in [4.78, 5) is 2.29. The van der Waals surface area contributed by atoms with Crippen molar-refractivity contribution in [2.45, 2.75) is 0 Å². The number of fused-ring (bicyclic) bond motifs is 9. The van der Waals surface area contributed by atoms with Crippen LogP contribution in [0.25, 0.3) is 76.5 Å². The third-order valence-corrected chi connectivity index (χ3v) is 9.42. The van der Waals surface area contributed by atoms with Gasteiger partial charge in [-0.05, 0) is 87.9 Å². The van der Waals surface area contributed by atoms with Crippen molar-refractivity contribution in [2.24, 2.45) is 0 Å². The number of benzene rings is 8. The molecule has 10 aromatic rings. The lowest BCUT2D eigenvalue weighted by Gasteiger charge is -2.25. The molecule has 0 atom stereocenters. The molecule has 0 N–H and O–H groups in total. The molecule has 0 unspecified atom stereocenters. The molecule has 0 bridgehead atoms. The van der Waals surface area contributed by atoms with Crippen LogP contribution in [0, 0.1) is 0 Å². The standard InChI is InChI=1S/C44H27NO2/c1-2-12-32(13-3-1)45(34-20-23-37-38-22-19-29-10-6-7-14-36(29)44(38)47-42(37)27-34)33-21-24-40-39(26-33)43-35(15-8-16-41(43)46-40)31-18-17-28-9-4-5-11-30(28)25-31/h1-27H. The van der Waals surface area contributed by atoms with Gasteiger partial charge in [-0.15, -0.1) is 0 Å². The Hall–Kier alpha value is -6.32. The molecule has 2 aromatic heterocycles. The highest BCUT2D eigenvalue weighted by molar-refractivity contribution is 6.16. The molecule has 0 amide bonds. The van der Waals surface area contributed by atoms with Gasteiger partial charge in [-0.3, -0.25) is 0 Å². The maximum atomic E-state index is 6.60. The van der Waals surface area contributed by atoms with Gasteiger partial charge >= 0.3 is 0 Å². The van der Waals surface area contributed by atoms with Crippen LogP contribution < -0.4 is 4.90 Å². The summed E-state index contributed by atoms with van der Waals surface area (Å²) in [6, 6.07) is 57.8. The minimum Gasteiger partial charge on any atom is -0.456 e. The van der Waals surface area contributed by atoms with Crippen LogP contribution in [0.1, 0.15) is 0 Å². The zero-order valence-electron chi connectivity index (χ0n) is 25.4. The van der Waals surface area contributed by atoms with E-state index in [2.05, 4.69) is 169 Å². The monoisotopic (exact) mass is 601 g/mol. The van der Waals surface area contributed by atoms with Gasteiger partial charge in [0.1, 0.15) is 22.3 Å².